The zero-order valence-electron chi connectivity index (χ0n) is 15.1. The summed E-state index contributed by atoms with van der Waals surface area (Å²) in [5, 5.41) is 2.92. The minimum atomic E-state index is -0.522. The van der Waals surface area contributed by atoms with Crippen molar-refractivity contribution in [3.8, 4) is 0 Å². The smallest absolute Gasteiger partial charge is 0.244 e. The summed E-state index contributed by atoms with van der Waals surface area (Å²) < 4.78 is 5.41. The van der Waals surface area contributed by atoms with Crippen molar-refractivity contribution in [3.63, 3.8) is 0 Å². The molecular formula is C18H32N2O2. The summed E-state index contributed by atoms with van der Waals surface area (Å²) >= 11 is 0. The normalized spacial score (nSPS) is 18.0. The standard InChI is InChI=1S/C18H32N2O2/c1-14(13-15(22-7)17(2,3)4)19-16(21)18(5,6)20-11-9-8-10-12-20/h13H,1,8-12H2,2-7H3,(H,19,21)/b15-13-. The minimum absolute atomic E-state index is 0.0139. The van der Waals surface area contributed by atoms with Crippen LogP contribution in [0.2, 0.25) is 0 Å². The second-order valence-electron chi connectivity index (χ2n) is 7.55. The van der Waals surface area contributed by atoms with Crippen LogP contribution < -0.4 is 5.32 Å². The molecule has 1 rings (SSSR count). The Balaban J connectivity index is 2.74. The van der Waals surface area contributed by atoms with Gasteiger partial charge in [-0.3, -0.25) is 9.69 Å². The lowest BCUT2D eigenvalue weighted by atomic mass is 9.93. The zero-order chi connectivity index (χ0) is 17.0. The van der Waals surface area contributed by atoms with Crippen LogP contribution >= 0.6 is 0 Å². The van der Waals surface area contributed by atoms with Gasteiger partial charge in [0.15, 0.2) is 0 Å². The molecule has 1 saturated heterocycles. The van der Waals surface area contributed by atoms with Gasteiger partial charge in [-0.1, -0.05) is 33.8 Å². The summed E-state index contributed by atoms with van der Waals surface area (Å²) in [6.07, 6.45) is 5.39. The van der Waals surface area contributed by atoms with Crippen molar-refractivity contribution >= 4 is 5.91 Å². The van der Waals surface area contributed by atoms with Crippen molar-refractivity contribution in [2.24, 2.45) is 5.41 Å². The Bertz CT molecular complexity index is 438. The van der Waals surface area contributed by atoms with Crippen LogP contribution in [-0.2, 0) is 9.53 Å². The first-order valence-electron chi connectivity index (χ1n) is 8.10. The lowest BCUT2D eigenvalue weighted by molar-refractivity contribution is -0.131. The number of amides is 1. The fourth-order valence-corrected chi connectivity index (χ4v) is 2.67. The first-order chi connectivity index (χ1) is 10.1. The Kier molecular flexibility index (Phi) is 6.24. The molecule has 1 amide bonds. The van der Waals surface area contributed by atoms with E-state index in [1.807, 2.05) is 19.9 Å². The third kappa shape index (κ3) is 4.87. The highest BCUT2D eigenvalue weighted by Crippen LogP contribution is 2.26. The largest absolute Gasteiger partial charge is 0.500 e. The Morgan fingerprint density at radius 1 is 1.14 bits per heavy atom. The lowest BCUT2D eigenvalue weighted by Gasteiger charge is -2.39. The fourth-order valence-electron chi connectivity index (χ4n) is 2.67. The van der Waals surface area contributed by atoms with Crippen LogP contribution in [0.5, 0.6) is 0 Å². The molecule has 1 N–H and O–H groups in total. The summed E-state index contributed by atoms with van der Waals surface area (Å²) in [6.45, 7) is 16.1. The van der Waals surface area contributed by atoms with Crippen molar-refractivity contribution in [3.05, 3.63) is 24.1 Å². The van der Waals surface area contributed by atoms with Gasteiger partial charge in [-0.05, 0) is 45.9 Å². The zero-order valence-corrected chi connectivity index (χ0v) is 15.1. The van der Waals surface area contributed by atoms with E-state index in [-0.39, 0.29) is 11.3 Å². The summed E-state index contributed by atoms with van der Waals surface area (Å²) in [5.41, 5.74) is -0.0707. The molecule has 0 aromatic rings. The first kappa shape index (κ1) is 18.8. The van der Waals surface area contributed by atoms with E-state index in [0.717, 1.165) is 31.7 Å². The average Bonchev–Trinajstić information content (AvgIpc) is 2.44. The van der Waals surface area contributed by atoms with E-state index in [0.29, 0.717) is 5.70 Å². The number of ether oxygens (including phenoxy) is 1. The molecule has 0 spiro atoms. The van der Waals surface area contributed by atoms with Crippen LogP contribution in [0.3, 0.4) is 0 Å². The summed E-state index contributed by atoms with van der Waals surface area (Å²) in [5.74, 6) is 0.786. The number of likely N-dealkylation sites (tertiary alicyclic amines) is 1. The van der Waals surface area contributed by atoms with Gasteiger partial charge in [0, 0.05) is 11.1 Å². The van der Waals surface area contributed by atoms with Gasteiger partial charge in [0.05, 0.1) is 12.6 Å². The molecule has 4 nitrogen and oxygen atoms in total. The summed E-state index contributed by atoms with van der Waals surface area (Å²) in [7, 11) is 1.64. The molecule has 0 saturated carbocycles. The van der Waals surface area contributed by atoms with Crippen LogP contribution in [-0.4, -0.2) is 36.5 Å². The summed E-state index contributed by atoms with van der Waals surface area (Å²) in [4.78, 5) is 14.9. The highest BCUT2D eigenvalue weighted by Gasteiger charge is 2.35. The number of hydrogen-bond donors (Lipinski definition) is 1. The molecule has 0 aliphatic carbocycles. The third-order valence-electron chi connectivity index (χ3n) is 4.24. The van der Waals surface area contributed by atoms with Crippen LogP contribution in [0.15, 0.2) is 24.1 Å². The molecule has 1 heterocycles. The van der Waals surface area contributed by atoms with Crippen LogP contribution in [0.1, 0.15) is 53.9 Å². The van der Waals surface area contributed by atoms with E-state index in [9.17, 15) is 4.79 Å². The predicted molar refractivity (Wildman–Crippen MR) is 91.3 cm³/mol. The van der Waals surface area contributed by atoms with Gasteiger partial charge in [0.25, 0.3) is 0 Å². The molecule has 0 atom stereocenters. The predicted octanol–water partition coefficient (Wildman–Crippen LogP) is 3.46. The molecule has 126 valence electrons. The van der Waals surface area contributed by atoms with E-state index in [1.54, 1.807) is 7.11 Å². The van der Waals surface area contributed by atoms with E-state index < -0.39 is 5.54 Å². The van der Waals surface area contributed by atoms with Gasteiger partial charge in [-0.25, -0.2) is 0 Å². The number of carbonyl (C=O) groups excluding carboxylic acids is 1. The fraction of sp³-hybridized carbons (Fsp3) is 0.722. The van der Waals surface area contributed by atoms with Crippen molar-refractivity contribution in [1.82, 2.24) is 10.2 Å². The number of allylic oxidation sites excluding steroid dienone is 2. The van der Waals surface area contributed by atoms with Gasteiger partial charge < -0.3 is 10.1 Å². The van der Waals surface area contributed by atoms with Gasteiger partial charge in [-0.15, -0.1) is 0 Å². The van der Waals surface area contributed by atoms with Gasteiger partial charge in [0.2, 0.25) is 5.91 Å². The molecule has 4 heteroatoms. The minimum Gasteiger partial charge on any atom is -0.500 e. The quantitative estimate of drug-likeness (QED) is 0.625. The maximum absolute atomic E-state index is 12.6. The molecule has 0 aromatic carbocycles. The molecule has 1 aliphatic rings. The van der Waals surface area contributed by atoms with E-state index in [4.69, 9.17) is 4.74 Å². The van der Waals surface area contributed by atoms with Gasteiger partial charge >= 0.3 is 0 Å². The van der Waals surface area contributed by atoms with Gasteiger partial charge in [0.1, 0.15) is 5.76 Å². The number of methoxy groups -OCH3 is 1. The number of nitrogens with one attached hydrogen (secondary N) is 1. The first-order valence-corrected chi connectivity index (χ1v) is 8.10. The van der Waals surface area contributed by atoms with Crippen LogP contribution in [0.25, 0.3) is 0 Å². The molecular weight excluding hydrogens is 276 g/mol. The second-order valence-corrected chi connectivity index (χ2v) is 7.55. The van der Waals surface area contributed by atoms with E-state index >= 15 is 0 Å². The Morgan fingerprint density at radius 3 is 2.14 bits per heavy atom. The maximum atomic E-state index is 12.6. The topological polar surface area (TPSA) is 41.6 Å². The highest BCUT2D eigenvalue weighted by atomic mass is 16.5. The molecule has 22 heavy (non-hydrogen) atoms. The van der Waals surface area contributed by atoms with Crippen molar-refractivity contribution in [1.29, 1.82) is 0 Å². The van der Waals surface area contributed by atoms with Crippen molar-refractivity contribution in [2.45, 2.75) is 59.4 Å². The average molecular weight is 308 g/mol. The number of hydrogen-bond acceptors (Lipinski definition) is 3. The molecule has 1 fully saturated rings. The SMILES string of the molecule is C=C(/C=C(\OC)C(C)(C)C)NC(=O)C(C)(C)N1CCCCC1. The molecule has 0 bridgehead atoms. The summed E-state index contributed by atoms with van der Waals surface area (Å²) in [6, 6.07) is 0. The molecule has 0 unspecified atom stereocenters. The monoisotopic (exact) mass is 308 g/mol. The number of piperidine rings is 1. The molecule has 1 aliphatic heterocycles. The van der Waals surface area contributed by atoms with Crippen molar-refractivity contribution in [2.75, 3.05) is 20.2 Å². The van der Waals surface area contributed by atoms with Crippen molar-refractivity contribution < 1.29 is 9.53 Å². The Morgan fingerprint density at radius 2 is 1.68 bits per heavy atom. The van der Waals surface area contributed by atoms with Gasteiger partial charge in [-0.2, -0.15) is 0 Å². The lowest BCUT2D eigenvalue weighted by Crippen LogP contribution is -2.56. The van der Waals surface area contributed by atoms with Crippen LogP contribution in [0.4, 0.5) is 0 Å². The van der Waals surface area contributed by atoms with E-state index in [1.165, 1.54) is 6.42 Å². The molecule has 0 radical (unpaired) electrons. The number of rotatable bonds is 5. The van der Waals surface area contributed by atoms with Crippen LogP contribution in [0, 0.1) is 5.41 Å². The Labute approximate surface area is 135 Å². The third-order valence-corrected chi connectivity index (χ3v) is 4.24. The molecule has 0 aromatic heterocycles. The highest BCUT2D eigenvalue weighted by molar-refractivity contribution is 5.87. The number of nitrogens with zero attached hydrogens (tertiary/aromatic N) is 1. The second kappa shape index (κ2) is 7.32. The van der Waals surface area contributed by atoms with E-state index in [2.05, 4.69) is 37.6 Å². The number of carbonyl (C=O) groups is 1. The Hall–Kier alpha value is -1.29. The maximum Gasteiger partial charge on any atom is 0.244 e.